The largest absolute Gasteiger partial charge is 0.354 e. The first kappa shape index (κ1) is 38.6. The smallest absolute Gasteiger partial charge is 0.225 e. The van der Waals surface area contributed by atoms with Crippen LogP contribution in [0.25, 0.3) is 20.4 Å². The predicted octanol–water partition coefficient (Wildman–Crippen LogP) is 5.58. The molecule has 1 aliphatic rings. The minimum absolute atomic E-state index is 0.482. The number of hydrogen-bond acceptors (Lipinski definition) is 15. The van der Waals surface area contributed by atoms with Gasteiger partial charge in [-0.1, -0.05) is 24.3 Å². The number of likely N-dealkylation sites (N-methyl/N-ethyl adjacent to an activating group) is 1. The van der Waals surface area contributed by atoms with Gasteiger partial charge in [-0.05, 0) is 76.4 Å². The van der Waals surface area contributed by atoms with Crippen LogP contribution in [0.4, 0.5) is 11.9 Å². The van der Waals surface area contributed by atoms with E-state index in [4.69, 9.17) is 0 Å². The van der Waals surface area contributed by atoms with Crippen molar-refractivity contribution in [2.75, 3.05) is 83.7 Å². The van der Waals surface area contributed by atoms with Gasteiger partial charge in [0.2, 0.25) is 11.9 Å². The number of nitrogens with zero attached hydrogens (tertiary/aromatic N) is 11. The van der Waals surface area contributed by atoms with E-state index in [1.165, 1.54) is 0 Å². The van der Waals surface area contributed by atoms with Gasteiger partial charge in [0.25, 0.3) is 0 Å². The summed E-state index contributed by atoms with van der Waals surface area (Å²) < 4.78 is 2.16. The minimum Gasteiger partial charge on any atom is -0.354 e. The lowest BCUT2D eigenvalue weighted by molar-refractivity contribution is 0.154. The molecule has 2 aromatic carbocycles. The Labute approximate surface area is 324 Å². The minimum atomic E-state index is -0.485. The first-order valence-corrected chi connectivity index (χ1v) is 19.8. The van der Waals surface area contributed by atoms with E-state index in [0.29, 0.717) is 23.3 Å². The highest BCUT2D eigenvalue weighted by atomic mass is 32.1. The Bertz CT molecular complexity index is 2110. The van der Waals surface area contributed by atoms with Crippen molar-refractivity contribution in [3.63, 3.8) is 0 Å². The molecule has 15 heteroatoms. The average molecular weight is 760 g/mol. The maximum absolute atomic E-state index is 9.75. The number of aromatic nitrogens is 6. The van der Waals surface area contributed by atoms with Crippen LogP contribution < -0.4 is 15.5 Å². The number of nitrogens with one attached hydrogen (secondary N) is 2. The van der Waals surface area contributed by atoms with Crippen molar-refractivity contribution < 1.29 is 0 Å². The lowest BCUT2D eigenvalue weighted by Crippen LogP contribution is -2.44. The number of fused-ring (bicyclic) bond motifs is 2. The summed E-state index contributed by atoms with van der Waals surface area (Å²) in [6.45, 7) is 8.23. The zero-order chi connectivity index (χ0) is 37.7. The molecule has 0 saturated carbocycles. The summed E-state index contributed by atoms with van der Waals surface area (Å²) in [6.07, 6.45) is 5.46. The van der Waals surface area contributed by atoms with Gasteiger partial charge in [0.1, 0.15) is 21.9 Å². The Hall–Kier alpha value is -5.16. The first-order chi connectivity index (χ1) is 26.4. The van der Waals surface area contributed by atoms with Crippen LogP contribution in [0.15, 0.2) is 73.1 Å². The maximum atomic E-state index is 9.75. The third-order valence-electron chi connectivity index (χ3n) is 9.10. The first-order valence-electron chi connectivity index (χ1n) is 18.1. The fourth-order valence-corrected chi connectivity index (χ4v) is 8.07. The Morgan fingerprint density at radius 3 is 1.94 bits per heavy atom. The van der Waals surface area contributed by atoms with E-state index >= 15 is 0 Å². The van der Waals surface area contributed by atoms with Gasteiger partial charge in [0.05, 0.1) is 44.0 Å². The molecule has 13 nitrogen and oxygen atoms in total. The van der Waals surface area contributed by atoms with Crippen molar-refractivity contribution in [3.05, 3.63) is 94.5 Å². The zero-order valence-corrected chi connectivity index (χ0v) is 32.5. The molecular formula is C39H45N13S2. The number of piperazine rings is 1. The molecule has 278 valence electrons. The molecule has 1 aliphatic heterocycles. The Morgan fingerprint density at radius 1 is 0.759 bits per heavy atom. The van der Waals surface area contributed by atoms with Gasteiger partial charge in [-0.2, -0.15) is 10.5 Å². The second-order valence-corrected chi connectivity index (χ2v) is 15.2. The molecule has 2 atom stereocenters. The van der Waals surface area contributed by atoms with Gasteiger partial charge in [0.15, 0.2) is 0 Å². The Morgan fingerprint density at radius 2 is 1.35 bits per heavy atom. The van der Waals surface area contributed by atoms with Gasteiger partial charge in [-0.15, -0.1) is 22.7 Å². The van der Waals surface area contributed by atoms with E-state index < -0.39 is 11.8 Å². The predicted molar refractivity (Wildman–Crippen MR) is 217 cm³/mol. The summed E-state index contributed by atoms with van der Waals surface area (Å²) in [5, 5.41) is 27.4. The zero-order valence-electron chi connectivity index (χ0n) is 30.9. The third-order valence-corrected chi connectivity index (χ3v) is 11.3. The number of nitriles is 2. The topological polar surface area (TPSA) is 159 Å². The molecule has 1 fully saturated rings. The van der Waals surface area contributed by atoms with Crippen LogP contribution in [0.3, 0.4) is 0 Å². The monoisotopic (exact) mass is 759 g/mol. The van der Waals surface area contributed by atoms with E-state index in [-0.39, 0.29) is 0 Å². The molecule has 1 saturated heterocycles. The van der Waals surface area contributed by atoms with E-state index in [2.05, 4.69) is 69.5 Å². The Kier molecular flexibility index (Phi) is 13.7. The number of rotatable bonds is 14. The van der Waals surface area contributed by atoms with Crippen LogP contribution in [0.5, 0.6) is 0 Å². The van der Waals surface area contributed by atoms with Gasteiger partial charge in [0, 0.05) is 58.7 Å². The average Bonchev–Trinajstić information content (AvgIpc) is 3.83. The molecule has 0 amide bonds. The van der Waals surface area contributed by atoms with Crippen LogP contribution >= 0.6 is 22.7 Å². The third kappa shape index (κ3) is 10.1. The molecule has 0 aliphatic carbocycles. The second kappa shape index (κ2) is 19.3. The highest BCUT2D eigenvalue weighted by molar-refractivity contribution is 7.19. The van der Waals surface area contributed by atoms with Crippen molar-refractivity contribution >= 4 is 55.0 Å². The van der Waals surface area contributed by atoms with Crippen LogP contribution in [0, 0.1) is 22.7 Å². The summed E-state index contributed by atoms with van der Waals surface area (Å²) in [4.78, 5) is 34.0. The van der Waals surface area contributed by atoms with Gasteiger partial charge in [-0.25, -0.2) is 29.9 Å². The number of hydrogen-bond donors (Lipinski definition) is 2. The molecule has 2 unspecified atom stereocenters. The van der Waals surface area contributed by atoms with E-state index in [9.17, 15) is 10.5 Å². The number of anilines is 2. The van der Waals surface area contributed by atoms with E-state index in [1.807, 2.05) is 67.5 Å². The van der Waals surface area contributed by atoms with Crippen LogP contribution in [-0.2, 0) is 0 Å². The molecule has 0 bridgehead atoms. The fraction of sp³-hybridized carbons (Fsp3) is 0.385. The number of benzene rings is 2. The summed E-state index contributed by atoms with van der Waals surface area (Å²) in [5.74, 6) is 0.239. The fourth-order valence-electron chi connectivity index (χ4n) is 6.02. The second-order valence-electron chi connectivity index (χ2n) is 13.1. The molecule has 54 heavy (non-hydrogen) atoms. The lowest BCUT2D eigenvalue weighted by atomic mass is 10.1. The van der Waals surface area contributed by atoms with Crippen molar-refractivity contribution in [2.24, 2.45) is 0 Å². The Balaban J connectivity index is 0.000000186. The molecular weight excluding hydrogens is 715 g/mol. The van der Waals surface area contributed by atoms with Crippen LogP contribution in [-0.4, -0.2) is 113 Å². The molecule has 0 radical (unpaired) electrons. The lowest BCUT2D eigenvalue weighted by Gasteiger charge is -2.32. The molecule has 2 N–H and O–H groups in total. The summed E-state index contributed by atoms with van der Waals surface area (Å²) in [6, 6.07) is 24.2. The number of thiazole rings is 2. The van der Waals surface area contributed by atoms with Crippen molar-refractivity contribution in [3.8, 4) is 12.1 Å². The van der Waals surface area contributed by atoms with Crippen molar-refractivity contribution in [1.29, 1.82) is 10.5 Å². The van der Waals surface area contributed by atoms with E-state index in [0.717, 1.165) is 95.6 Å². The van der Waals surface area contributed by atoms with E-state index in [1.54, 1.807) is 47.2 Å². The van der Waals surface area contributed by atoms with Crippen LogP contribution in [0.1, 0.15) is 46.1 Å². The van der Waals surface area contributed by atoms with Crippen molar-refractivity contribution in [2.45, 2.75) is 24.7 Å². The summed E-state index contributed by atoms with van der Waals surface area (Å²) in [5.41, 5.74) is 3.21. The quantitative estimate of drug-likeness (QED) is 0.133. The number of para-hydroxylation sites is 2. The summed E-state index contributed by atoms with van der Waals surface area (Å²) in [7, 11) is 6.08. The molecule has 6 aromatic rings. The van der Waals surface area contributed by atoms with Gasteiger partial charge in [-0.3, -0.25) is 0 Å². The maximum Gasteiger partial charge on any atom is 0.225 e. The van der Waals surface area contributed by atoms with Gasteiger partial charge < -0.3 is 25.3 Å². The van der Waals surface area contributed by atoms with Crippen molar-refractivity contribution in [1.82, 2.24) is 45.0 Å². The molecule has 7 rings (SSSR count). The molecule has 0 spiro atoms. The SMILES string of the molecule is CN1CCN(CCCNc2nccc(C(C#N)c3nc4ccccc4s3)n2)CC1.CNCCCN(C)c1nccc(C(C#N)c2nc3ccccc3s2)n1. The van der Waals surface area contributed by atoms with Crippen LogP contribution in [0.2, 0.25) is 0 Å². The molecule has 4 aromatic heterocycles. The highest BCUT2D eigenvalue weighted by Crippen LogP contribution is 2.32. The van der Waals surface area contributed by atoms with Gasteiger partial charge >= 0.3 is 0 Å². The standard InChI is InChI=1S/C21H25N7S.C18H20N6S/c1-27-11-13-28(14-12-27)10-4-8-23-21-24-9-7-17(26-21)16(15-22)20-25-18-5-2-3-6-19(18)29-20;1-20-9-5-11-24(2)18-21-10-8-14(23-18)13(12-19)17-22-15-6-3-4-7-16(15)25-17/h2-3,5-7,9,16H,4,8,10-14H2,1H3,(H,23,24,26);3-4,6-8,10,13,20H,5,9,11H2,1-2H3. The normalized spacial score (nSPS) is 14.5. The molecule has 5 heterocycles. The summed E-state index contributed by atoms with van der Waals surface area (Å²) >= 11 is 3.08. The highest BCUT2D eigenvalue weighted by Gasteiger charge is 2.22.